The summed E-state index contributed by atoms with van der Waals surface area (Å²) in [6.45, 7) is 0. The summed E-state index contributed by atoms with van der Waals surface area (Å²) >= 11 is 0. The first-order chi connectivity index (χ1) is 7.79. The Balaban J connectivity index is 2.32. The van der Waals surface area contributed by atoms with Gasteiger partial charge in [-0.15, -0.1) is 0 Å². The number of benzene rings is 1. The molecule has 0 aliphatic heterocycles. The molecule has 1 N–H and O–H groups in total. The molecule has 0 amide bonds. The molecule has 0 bridgehead atoms. The lowest BCUT2D eigenvalue weighted by molar-refractivity contribution is 1.17. The number of nitrogens with one attached hydrogen (secondary N) is 1. The Hall–Kier alpha value is -2.34. The second-order valence-corrected chi connectivity index (χ2v) is 3.86. The number of hydrogen-bond donors (Lipinski definition) is 1. The predicted molar refractivity (Wildman–Crippen MR) is 60.0 cm³/mol. The van der Waals surface area contributed by atoms with E-state index in [2.05, 4.69) is 4.98 Å². The third-order valence-electron chi connectivity index (χ3n) is 2.91. The number of aromatic amines is 1. The molecule has 0 radical (unpaired) electrons. The van der Waals surface area contributed by atoms with Crippen LogP contribution < -0.4 is 5.56 Å². The van der Waals surface area contributed by atoms with E-state index < -0.39 is 0 Å². The quantitative estimate of drug-likeness (QED) is 0.612. The van der Waals surface area contributed by atoms with Crippen LogP contribution in [0.2, 0.25) is 0 Å². The van der Waals surface area contributed by atoms with Crippen LogP contribution in [-0.4, -0.2) is 4.98 Å². The van der Waals surface area contributed by atoms with Crippen molar-refractivity contribution in [3.05, 3.63) is 57.4 Å². The minimum atomic E-state index is -0.307. The second-order valence-electron chi connectivity index (χ2n) is 3.86. The first kappa shape index (κ1) is 8.93. The molecular weight excluding hydrogens is 200 g/mol. The van der Waals surface area contributed by atoms with Crippen LogP contribution in [0.3, 0.4) is 0 Å². The molecular formula is C13H8N2O. The van der Waals surface area contributed by atoms with Crippen LogP contribution in [-0.2, 0) is 6.42 Å². The van der Waals surface area contributed by atoms with Gasteiger partial charge in [-0.2, -0.15) is 5.26 Å². The summed E-state index contributed by atoms with van der Waals surface area (Å²) in [4.78, 5) is 14.3. The molecule has 76 valence electrons. The fourth-order valence-electron chi connectivity index (χ4n) is 2.16. The van der Waals surface area contributed by atoms with Crippen molar-refractivity contribution in [2.45, 2.75) is 6.42 Å². The standard InChI is InChI=1S/C13H8N2O/c14-7-10-6-9-5-8-3-1-2-4-11(8)12(9)15-13(10)16/h1-4,6H,5H2,(H,15,16). The first-order valence-electron chi connectivity index (χ1n) is 5.04. The van der Waals surface area contributed by atoms with E-state index in [-0.39, 0.29) is 11.1 Å². The van der Waals surface area contributed by atoms with Crippen molar-refractivity contribution in [2.24, 2.45) is 0 Å². The van der Waals surface area contributed by atoms with Crippen LogP contribution in [0.15, 0.2) is 35.1 Å². The van der Waals surface area contributed by atoms with Gasteiger partial charge in [-0.05, 0) is 17.2 Å². The highest BCUT2D eigenvalue weighted by Crippen LogP contribution is 2.33. The topological polar surface area (TPSA) is 56.6 Å². The lowest BCUT2D eigenvalue weighted by atomic mass is 10.1. The van der Waals surface area contributed by atoms with E-state index in [1.807, 2.05) is 30.3 Å². The largest absolute Gasteiger partial charge is 0.321 e. The van der Waals surface area contributed by atoms with Gasteiger partial charge in [0.05, 0.1) is 5.69 Å². The Kier molecular flexibility index (Phi) is 1.72. The zero-order valence-electron chi connectivity index (χ0n) is 8.45. The average molecular weight is 208 g/mol. The van der Waals surface area contributed by atoms with Gasteiger partial charge in [0.2, 0.25) is 0 Å². The van der Waals surface area contributed by atoms with Crippen molar-refractivity contribution < 1.29 is 0 Å². The maximum atomic E-state index is 11.5. The summed E-state index contributed by atoms with van der Waals surface area (Å²) in [5, 5.41) is 8.80. The van der Waals surface area contributed by atoms with Crippen molar-refractivity contribution in [3.8, 4) is 17.3 Å². The third kappa shape index (κ3) is 1.10. The smallest absolute Gasteiger partial charge is 0.266 e. The van der Waals surface area contributed by atoms with Crippen molar-refractivity contribution in [3.63, 3.8) is 0 Å². The molecule has 0 atom stereocenters. The summed E-state index contributed by atoms with van der Waals surface area (Å²) in [6, 6.07) is 11.6. The summed E-state index contributed by atoms with van der Waals surface area (Å²) in [5.74, 6) is 0. The molecule has 0 fully saturated rings. The van der Waals surface area contributed by atoms with Crippen LogP contribution >= 0.6 is 0 Å². The molecule has 1 aliphatic rings. The Labute approximate surface area is 92.0 Å². The predicted octanol–water partition coefficient (Wildman–Crippen LogP) is 1.82. The van der Waals surface area contributed by atoms with Gasteiger partial charge in [-0.1, -0.05) is 24.3 Å². The lowest BCUT2D eigenvalue weighted by Crippen LogP contribution is -2.11. The summed E-state index contributed by atoms with van der Waals surface area (Å²) in [6.07, 6.45) is 0.789. The molecule has 0 saturated heterocycles. The van der Waals surface area contributed by atoms with Crippen LogP contribution in [0.4, 0.5) is 0 Å². The third-order valence-corrected chi connectivity index (χ3v) is 2.91. The Morgan fingerprint density at radius 1 is 1.25 bits per heavy atom. The van der Waals surface area contributed by atoms with Crippen molar-refractivity contribution in [1.29, 1.82) is 5.26 Å². The van der Waals surface area contributed by atoms with Gasteiger partial charge in [-0.25, -0.2) is 0 Å². The number of rotatable bonds is 0. The van der Waals surface area contributed by atoms with E-state index >= 15 is 0 Å². The number of hydrogen-bond acceptors (Lipinski definition) is 2. The maximum absolute atomic E-state index is 11.5. The molecule has 0 spiro atoms. The molecule has 1 heterocycles. The minimum Gasteiger partial charge on any atom is -0.321 e. The number of pyridine rings is 1. The Bertz CT molecular complexity index is 677. The fraction of sp³-hybridized carbons (Fsp3) is 0.0769. The molecule has 1 aliphatic carbocycles. The highest BCUT2D eigenvalue weighted by atomic mass is 16.1. The number of nitriles is 1. The molecule has 2 aromatic rings. The van der Waals surface area contributed by atoms with Gasteiger partial charge in [0, 0.05) is 12.0 Å². The summed E-state index contributed by atoms with van der Waals surface area (Å²) < 4.78 is 0. The van der Waals surface area contributed by atoms with Gasteiger partial charge in [-0.3, -0.25) is 4.79 Å². The number of fused-ring (bicyclic) bond motifs is 3. The molecule has 3 rings (SSSR count). The second kappa shape index (κ2) is 3.07. The molecule has 0 unspecified atom stereocenters. The van der Waals surface area contributed by atoms with Gasteiger partial charge in [0.25, 0.3) is 5.56 Å². The van der Waals surface area contributed by atoms with E-state index in [1.165, 1.54) is 5.56 Å². The van der Waals surface area contributed by atoms with Crippen LogP contribution in [0.1, 0.15) is 16.7 Å². The van der Waals surface area contributed by atoms with E-state index in [0.29, 0.717) is 0 Å². The van der Waals surface area contributed by atoms with Crippen LogP contribution in [0, 0.1) is 11.3 Å². The van der Waals surface area contributed by atoms with Gasteiger partial charge < -0.3 is 4.98 Å². The van der Waals surface area contributed by atoms with Gasteiger partial charge in [0.1, 0.15) is 11.6 Å². The summed E-state index contributed by atoms with van der Waals surface area (Å²) in [7, 11) is 0. The lowest BCUT2D eigenvalue weighted by Gasteiger charge is -1.99. The van der Waals surface area contributed by atoms with Crippen LogP contribution in [0.5, 0.6) is 0 Å². The SMILES string of the molecule is N#Cc1cc2c([nH]c1=O)-c1ccccc1C2. The number of H-pyrrole nitrogens is 1. The molecule has 1 aromatic heterocycles. The van der Waals surface area contributed by atoms with Crippen LogP contribution in [0.25, 0.3) is 11.3 Å². The van der Waals surface area contributed by atoms with Crippen molar-refractivity contribution in [2.75, 3.05) is 0 Å². The normalized spacial score (nSPS) is 11.7. The highest BCUT2D eigenvalue weighted by Gasteiger charge is 2.19. The zero-order valence-corrected chi connectivity index (χ0v) is 8.45. The molecule has 1 aromatic carbocycles. The summed E-state index contributed by atoms with van der Waals surface area (Å²) in [5.41, 5.74) is 4.03. The Morgan fingerprint density at radius 2 is 2.06 bits per heavy atom. The zero-order chi connectivity index (χ0) is 11.1. The van der Waals surface area contributed by atoms with E-state index in [4.69, 9.17) is 5.26 Å². The van der Waals surface area contributed by atoms with Gasteiger partial charge in [0.15, 0.2) is 0 Å². The molecule has 0 saturated carbocycles. The molecule has 3 heteroatoms. The minimum absolute atomic E-state index is 0.187. The van der Waals surface area contributed by atoms with E-state index in [0.717, 1.165) is 23.2 Å². The fourth-order valence-corrected chi connectivity index (χ4v) is 2.16. The monoisotopic (exact) mass is 208 g/mol. The van der Waals surface area contributed by atoms with Crippen molar-refractivity contribution >= 4 is 0 Å². The van der Waals surface area contributed by atoms with Crippen molar-refractivity contribution in [1.82, 2.24) is 4.98 Å². The van der Waals surface area contributed by atoms with E-state index in [1.54, 1.807) is 6.07 Å². The average Bonchev–Trinajstić information content (AvgIpc) is 2.66. The van der Waals surface area contributed by atoms with Gasteiger partial charge >= 0.3 is 0 Å². The molecule has 16 heavy (non-hydrogen) atoms. The molecule has 3 nitrogen and oxygen atoms in total. The number of aromatic nitrogens is 1. The van der Waals surface area contributed by atoms with E-state index in [9.17, 15) is 4.79 Å². The number of nitrogens with zero attached hydrogens (tertiary/aromatic N) is 1. The maximum Gasteiger partial charge on any atom is 0.266 e. The first-order valence-corrected chi connectivity index (χ1v) is 5.04. The Morgan fingerprint density at radius 3 is 2.88 bits per heavy atom. The highest BCUT2D eigenvalue weighted by molar-refractivity contribution is 5.73.